The van der Waals surface area contributed by atoms with E-state index >= 15 is 0 Å². The van der Waals surface area contributed by atoms with Gasteiger partial charge in [-0.25, -0.2) is 4.79 Å². The third kappa shape index (κ3) is 4.09. The van der Waals surface area contributed by atoms with E-state index in [1.165, 1.54) is 22.7 Å². The van der Waals surface area contributed by atoms with E-state index < -0.39 is 17.5 Å². The number of fused-ring (bicyclic) bond motifs is 1. The lowest BCUT2D eigenvalue weighted by Crippen LogP contribution is -2.49. The summed E-state index contributed by atoms with van der Waals surface area (Å²) in [5.74, 6) is -0.257. The molecule has 0 aromatic carbocycles. The molecule has 2 fully saturated rings. The van der Waals surface area contributed by atoms with Crippen molar-refractivity contribution >= 4 is 51.3 Å². The highest BCUT2D eigenvalue weighted by Crippen LogP contribution is 2.40. The third-order valence-corrected chi connectivity index (χ3v) is 9.56. The number of thiophene rings is 2. The highest BCUT2D eigenvalue weighted by molar-refractivity contribution is 7.17. The largest absolute Gasteiger partial charge is 0.325 e. The zero-order chi connectivity index (χ0) is 23.9. The molecule has 0 unspecified atom stereocenters. The van der Waals surface area contributed by atoms with Gasteiger partial charge in [-0.3, -0.25) is 19.3 Å². The minimum Gasteiger partial charge on any atom is -0.323 e. The highest BCUT2D eigenvalue weighted by Gasteiger charge is 2.52. The molecular formula is C25H29N3O4S2. The van der Waals surface area contributed by atoms with Gasteiger partial charge in [-0.2, -0.15) is 0 Å². The molecule has 3 heterocycles. The number of carbonyl (C=O) groups excluding carboxylic acids is 4. The van der Waals surface area contributed by atoms with Crippen LogP contribution in [0, 0.1) is 5.92 Å². The Morgan fingerprint density at radius 3 is 2.68 bits per heavy atom. The molecule has 5 rings (SSSR count). The van der Waals surface area contributed by atoms with Crippen LogP contribution in [0.3, 0.4) is 0 Å². The van der Waals surface area contributed by atoms with E-state index in [-0.39, 0.29) is 18.2 Å². The van der Waals surface area contributed by atoms with Gasteiger partial charge in [-0.1, -0.05) is 19.4 Å². The van der Waals surface area contributed by atoms with Crippen LogP contribution >= 0.6 is 22.7 Å². The van der Waals surface area contributed by atoms with Crippen molar-refractivity contribution in [2.45, 2.75) is 70.3 Å². The van der Waals surface area contributed by atoms with Crippen molar-refractivity contribution in [2.24, 2.45) is 5.92 Å². The van der Waals surface area contributed by atoms with E-state index in [4.69, 9.17) is 0 Å². The van der Waals surface area contributed by atoms with Crippen LogP contribution in [0.5, 0.6) is 0 Å². The molecule has 2 aromatic rings. The average Bonchev–Trinajstić information content (AvgIpc) is 3.54. The predicted molar refractivity (Wildman–Crippen MR) is 133 cm³/mol. The number of rotatable bonds is 6. The second-order valence-electron chi connectivity index (χ2n) is 9.52. The summed E-state index contributed by atoms with van der Waals surface area (Å²) in [7, 11) is 0. The molecule has 9 heteroatoms. The number of nitrogens with one attached hydrogen (secondary N) is 2. The van der Waals surface area contributed by atoms with Gasteiger partial charge in [0.05, 0.1) is 10.4 Å². The van der Waals surface area contributed by atoms with Gasteiger partial charge in [-0.05, 0) is 74.3 Å². The number of anilines is 1. The normalized spacial score (nSPS) is 24.3. The van der Waals surface area contributed by atoms with Gasteiger partial charge in [0, 0.05) is 4.88 Å². The molecule has 180 valence electrons. The monoisotopic (exact) mass is 499 g/mol. The van der Waals surface area contributed by atoms with Gasteiger partial charge < -0.3 is 10.6 Å². The number of carbonyl (C=O) groups is 4. The quantitative estimate of drug-likeness (QED) is 0.443. The number of ketones is 1. The molecule has 1 saturated heterocycles. The Morgan fingerprint density at radius 2 is 1.97 bits per heavy atom. The molecule has 1 spiro atoms. The maximum Gasteiger partial charge on any atom is 0.325 e. The third-order valence-electron chi connectivity index (χ3n) is 7.48. The number of aryl methyl sites for hydroxylation is 1. The molecule has 4 amide bonds. The fourth-order valence-electron chi connectivity index (χ4n) is 5.47. The summed E-state index contributed by atoms with van der Waals surface area (Å²) in [5, 5.41) is 8.15. The molecule has 2 aliphatic carbocycles. The number of hydrogen-bond donors (Lipinski definition) is 2. The number of imide groups is 1. The van der Waals surface area contributed by atoms with E-state index in [1.54, 1.807) is 6.07 Å². The van der Waals surface area contributed by atoms with Gasteiger partial charge in [0.2, 0.25) is 11.7 Å². The summed E-state index contributed by atoms with van der Waals surface area (Å²) in [4.78, 5) is 54.9. The Labute approximate surface area is 206 Å². The standard InChI is InChI=1S/C25H29N3O4S2/c1-2-15-9-11-25(12-10-15)23(31)28(24(32)27-25)14-19(29)26-22-20(21(30)18-8-5-13-33-18)16-6-3-4-7-17(16)34-22/h5,8,13,15H,2-4,6-7,9-12,14H2,1H3,(H,26,29)(H,27,32). The molecule has 2 N–H and O–H groups in total. The van der Waals surface area contributed by atoms with Crippen LogP contribution in [0.25, 0.3) is 0 Å². The number of nitrogens with zero attached hydrogens (tertiary/aromatic N) is 1. The Bertz CT molecular complexity index is 1130. The van der Waals surface area contributed by atoms with Crippen LogP contribution in [-0.2, 0) is 22.4 Å². The van der Waals surface area contributed by atoms with Crippen LogP contribution in [0.2, 0.25) is 0 Å². The maximum atomic E-state index is 13.3. The molecule has 1 aliphatic heterocycles. The van der Waals surface area contributed by atoms with Crippen molar-refractivity contribution < 1.29 is 19.2 Å². The zero-order valence-electron chi connectivity index (χ0n) is 19.3. The SMILES string of the molecule is CCC1CCC2(CC1)NC(=O)N(CC(=O)Nc1sc3c(c1C(=O)c1cccs1)CCCC3)C2=O. The van der Waals surface area contributed by atoms with Crippen molar-refractivity contribution in [1.82, 2.24) is 10.2 Å². The lowest BCUT2D eigenvalue weighted by atomic mass is 9.75. The molecule has 0 bridgehead atoms. The Balaban J connectivity index is 1.33. The Morgan fingerprint density at radius 1 is 1.21 bits per heavy atom. The molecular weight excluding hydrogens is 470 g/mol. The van der Waals surface area contributed by atoms with Crippen molar-refractivity contribution in [3.05, 3.63) is 38.4 Å². The van der Waals surface area contributed by atoms with Gasteiger partial charge in [-0.15, -0.1) is 22.7 Å². The van der Waals surface area contributed by atoms with Gasteiger partial charge >= 0.3 is 6.03 Å². The van der Waals surface area contributed by atoms with Crippen molar-refractivity contribution in [2.75, 3.05) is 11.9 Å². The number of amides is 4. The smallest absolute Gasteiger partial charge is 0.323 e. The van der Waals surface area contributed by atoms with Crippen LogP contribution < -0.4 is 10.6 Å². The molecule has 1 saturated carbocycles. The zero-order valence-corrected chi connectivity index (χ0v) is 20.9. The average molecular weight is 500 g/mol. The highest BCUT2D eigenvalue weighted by atomic mass is 32.1. The second-order valence-corrected chi connectivity index (χ2v) is 11.6. The summed E-state index contributed by atoms with van der Waals surface area (Å²) in [5.41, 5.74) is 0.736. The van der Waals surface area contributed by atoms with Crippen molar-refractivity contribution in [1.29, 1.82) is 0 Å². The van der Waals surface area contributed by atoms with Crippen LogP contribution in [0.1, 0.15) is 77.5 Å². The molecule has 0 atom stereocenters. The molecule has 34 heavy (non-hydrogen) atoms. The predicted octanol–water partition coefficient (Wildman–Crippen LogP) is 4.75. The maximum absolute atomic E-state index is 13.3. The van der Waals surface area contributed by atoms with E-state index in [9.17, 15) is 19.2 Å². The molecule has 3 aliphatic rings. The van der Waals surface area contributed by atoms with Crippen LogP contribution in [0.15, 0.2) is 17.5 Å². The van der Waals surface area contributed by atoms with E-state index in [0.29, 0.717) is 34.2 Å². The number of urea groups is 1. The minimum absolute atomic E-state index is 0.0775. The Hall–Kier alpha value is -2.52. The summed E-state index contributed by atoms with van der Waals surface area (Å²) in [6.07, 6.45) is 7.91. The fourth-order valence-corrected chi connectivity index (χ4v) is 7.45. The first-order valence-corrected chi connectivity index (χ1v) is 13.8. The summed E-state index contributed by atoms with van der Waals surface area (Å²) in [6.45, 7) is 1.80. The van der Waals surface area contributed by atoms with Gasteiger partial charge in [0.1, 0.15) is 17.1 Å². The van der Waals surface area contributed by atoms with E-state index in [0.717, 1.165) is 60.3 Å². The molecule has 0 radical (unpaired) electrons. The lowest BCUT2D eigenvalue weighted by Gasteiger charge is -2.34. The van der Waals surface area contributed by atoms with E-state index in [2.05, 4.69) is 17.6 Å². The summed E-state index contributed by atoms with van der Waals surface area (Å²) < 4.78 is 0. The molecule has 2 aromatic heterocycles. The fraction of sp³-hybridized carbons (Fsp3) is 0.520. The number of hydrogen-bond acceptors (Lipinski definition) is 6. The minimum atomic E-state index is -0.870. The first kappa shape index (κ1) is 23.2. The van der Waals surface area contributed by atoms with Crippen molar-refractivity contribution in [3.63, 3.8) is 0 Å². The second kappa shape index (κ2) is 9.26. The van der Waals surface area contributed by atoms with Crippen molar-refractivity contribution in [3.8, 4) is 0 Å². The lowest BCUT2D eigenvalue weighted by molar-refractivity contribution is -0.135. The summed E-state index contributed by atoms with van der Waals surface area (Å²) >= 11 is 2.83. The van der Waals surface area contributed by atoms with E-state index in [1.807, 2.05) is 11.4 Å². The first-order chi connectivity index (χ1) is 16.4. The van der Waals surface area contributed by atoms with Crippen LogP contribution in [0.4, 0.5) is 9.80 Å². The molecule has 7 nitrogen and oxygen atoms in total. The van der Waals surface area contributed by atoms with Crippen LogP contribution in [-0.4, -0.2) is 40.6 Å². The topological polar surface area (TPSA) is 95.6 Å². The van der Waals surface area contributed by atoms with Gasteiger partial charge in [0.15, 0.2) is 0 Å². The first-order valence-electron chi connectivity index (χ1n) is 12.1. The van der Waals surface area contributed by atoms with Gasteiger partial charge in [0.25, 0.3) is 5.91 Å². The summed E-state index contributed by atoms with van der Waals surface area (Å²) in [6, 6.07) is 3.14. The Kier molecular flexibility index (Phi) is 6.33.